The molecule has 1 heterocycles. The van der Waals surface area contributed by atoms with E-state index in [2.05, 4.69) is 22.3 Å². The molecule has 36 heavy (non-hydrogen) atoms. The zero-order valence-corrected chi connectivity index (χ0v) is 22.4. The van der Waals surface area contributed by atoms with Crippen molar-refractivity contribution in [2.24, 2.45) is 0 Å². The van der Waals surface area contributed by atoms with Crippen LogP contribution in [0.3, 0.4) is 0 Å². The molecule has 1 aliphatic heterocycles. The standard InChI is InChI=1S/C27H29Cl2N3O3S/c1-20-4-11-24(12-5-20)36(34,35)32(26-16-23(28)10-13-25(26)29)19-27(33)30-17-21-6-8-22(9-7-21)18-31-14-2-3-15-31/h4-13,16H,2-3,14-15,17-19H2,1H3,(H,30,33). The maximum Gasteiger partial charge on any atom is 0.264 e. The molecule has 1 saturated heterocycles. The van der Waals surface area contributed by atoms with Crippen LogP contribution in [0.2, 0.25) is 10.0 Å². The number of anilines is 1. The lowest BCUT2D eigenvalue weighted by atomic mass is 10.1. The summed E-state index contributed by atoms with van der Waals surface area (Å²) in [6.45, 7) is 4.91. The number of likely N-dealkylation sites (tertiary alicyclic amines) is 1. The molecular formula is C27H29Cl2N3O3S. The van der Waals surface area contributed by atoms with Crippen LogP contribution < -0.4 is 9.62 Å². The van der Waals surface area contributed by atoms with Gasteiger partial charge in [0.15, 0.2) is 0 Å². The van der Waals surface area contributed by atoms with Crippen molar-refractivity contribution in [3.8, 4) is 0 Å². The van der Waals surface area contributed by atoms with E-state index in [1.54, 1.807) is 18.2 Å². The van der Waals surface area contributed by atoms with Gasteiger partial charge in [0, 0.05) is 18.1 Å². The number of nitrogens with zero attached hydrogens (tertiary/aromatic N) is 2. The van der Waals surface area contributed by atoms with E-state index < -0.39 is 22.5 Å². The zero-order valence-electron chi connectivity index (χ0n) is 20.1. The van der Waals surface area contributed by atoms with Gasteiger partial charge in [0.1, 0.15) is 6.54 Å². The van der Waals surface area contributed by atoms with Crippen LogP contribution in [0.25, 0.3) is 0 Å². The van der Waals surface area contributed by atoms with E-state index >= 15 is 0 Å². The number of aryl methyl sites for hydroxylation is 1. The first-order valence-electron chi connectivity index (χ1n) is 11.8. The van der Waals surface area contributed by atoms with Crippen molar-refractivity contribution in [2.75, 3.05) is 23.9 Å². The molecule has 6 nitrogen and oxygen atoms in total. The lowest BCUT2D eigenvalue weighted by Crippen LogP contribution is -2.40. The van der Waals surface area contributed by atoms with Crippen LogP contribution in [0.5, 0.6) is 0 Å². The van der Waals surface area contributed by atoms with Gasteiger partial charge in [-0.2, -0.15) is 0 Å². The molecule has 0 unspecified atom stereocenters. The third kappa shape index (κ3) is 6.59. The Balaban J connectivity index is 1.48. The highest BCUT2D eigenvalue weighted by molar-refractivity contribution is 7.92. The van der Waals surface area contributed by atoms with Crippen molar-refractivity contribution < 1.29 is 13.2 Å². The van der Waals surface area contributed by atoms with E-state index in [-0.39, 0.29) is 22.2 Å². The van der Waals surface area contributed by atoms with E-state index in [0.717, 1.165) is 35.1 Å². The maximum atomic E-state index is 13.5. The molecule has 1 N–H and O–H groups in total. The van der Waals surface area contributed by atoms with E-state index in [1.807, 2.05) is 19.1 Å². The molecule has 0 radical (unpaired) electrons. The quantitative estimate of drug-likeness (QED) is 0.390. The van der Waals surface area contributed by atoms with Gasteiger partial charge in [-0.3, -0.25) is 14.0 Å². The molecule has 190 valence electrons. The summed E-state index contributed by atoms with van der Waals surface area (Å²) >= 11 is 12.5. The van der Waals surface area contributed by atoms with Crippen LogP contribution in [-0.2, 0) is 27.9 Å². The number of carbonyl (C=O) groups excluding carboxylic acids is 1. The third-order valence-electron chi connectivity index (χ3n) is 6.19. The van der Waals surface area contributed by atoms with Crippen LogP contribution in [0, 0.1) is 6.92 Å². The molecule has 0 atom stereocenters. The molecule has 9 heteroatoms. The van der Waals surface area contributed by atoms with Crippen molar-refractivity contribution in [3.63, 3.8) is 0 Å². The van der Waals surface area contributed by atoms with Crippen molar-refractivity contribution in [1.29, 1.82) is 0 Å². The second-order valence-electron chi connectivity index (χ2n) is 9.00. The zero-order chi connectivity index (χ0) is 25.7. The van der Waals surface area contributed by atoms with Gasteiger partial charge in [-0.1, -0.05) is 65.2 Å². The van der Waals surface area contributed by atoms with Gasteiger partial charge >= 0.3 is 0 Å². The number of hydrogen-bond acceptors (Lipinski definition) is 4. The monoisotopic (exact) mass is 545 g/mol. The summed E-state index contributed by atoms with van der Waals surface area (Å²) in [5, 5.41) is 3.32. The number of amides is 1. The van der Waals surface area contributed by atoms with Gasteiger partial charge in [-0.15, -0.1) is 0 Å². The average molecular weight is 547 g/mol. The molecular weight excluding hydrogens is 517 g/mol. The van der Waals surface area contributed by atoms with Gasteiger partial charge in [-0.05, 0) is 74.3 Å². The maximum absolute atomic E-state index is 13.5. The van der Waals surface area contributed by atoms with Crippen molar-refractivity contribution in [1.82, 2.24) is 10.2 Å². The smallest absolute Gasteiger partial charge is 0.264 e. The number of halogens is 2. The Labute approximate surface area is 222 Å². The molecule has 4 rings (SSSR count). The predicted octanol–water partition coefficient (Wildman–Crippen LogP) is 5.41. The van der Waals surface area contributed by atoms with Gasteiger partial charge in [0.2, 0.25) is 5.91 Å². The van der Waals surface area contributed by atoms with Crippen molar-refractivity contribution in [2.45, 2.75) is 37.8 Å². The first-order valence-corrected chi connectivity index (χ1v) is 14.0. The van der Waals surface area contributed by atoms with Crippen molar-refractivity contribution in [3.05, 3.63) is 93.5 Å². The molecule has 1 fully saturated rings. The highest BCUT2D eigenvalue weighted by Crippen LogP contribution is 2.33. The highest BCUT2D eigenvalue weighted by atomic mass is 35.5. The molecule has 0 spiro atoms. The van der Waals surface area contributed by atoms with E-state index in [9.17, 15) is 13.2 Å². The summed E-state index contributed by atoms with van der Waals surface area (Å²) in [5.41, 5.74) is 3.23. The summed E-state index contributed by atoms with van der Waals surface area (Å²) in [6.07, 6.45) is 2.50. The molecule has 0 saturated carbocycles. The van der Waals surface area contributed by atoms with E-state index in [0.29, 0.717) is 5.02 Å². The Morgan fingerprint density at radius 1 is 0.944 bits per heavy atom. The Morgan fingerprint density at radius 3 is 2.25 bits per heavy atom. The molecule has 0 aliphatic carbocycles. The average Bonchev–Trinajstić information content (AvgIpc) is 3.37. The SMILES string of the molecule is Cc1ccc(S(=O)(=O)N(CC(=O)NCc2ccc(CN3CCCC3)cc2)c2cc(Cl)ccc2Cl)cc1. The molecule has 3 aromatic carbocycles. The second-order valence-corrected chi connectivity index (χ2v) is 11.7. The second kappa shape index (κ2) is 11.6. The number of sulfonamides is 1. The molecule has 1 aliphatic rings. The largest absolute Gasteiger partial charge is 0.350 e. The van der Waals surface area contributed by atoms with Crippen LogP contribution >= 0.6 is 23.2 Å². The predicted molar refractivity (Wildman–Crippen MR) is 145 cm³/mol. The Hall–Kier alpha value is -2.58. The lowest BCUT2D eigenvalue weighted by molar-refractivity contribution is -0.119. The normalized spacial score (nSPS) is 14.1. The Morgan fingerprint density at radius 2 is 1.58 bits per heavy atom. The van der Waals surface area contributed by atoms with Crippen LogP contribution in [0.4, 0.5) is 5.69 Å². The Kier molecular flexibility index (Phi) is 8.57. The lowest BCUT2D eigenvalue weighted by Gasteiger charge is -2.25. The van der Waals surface area contributed by atoms with Crippen LogP contribution in [0.1, 0.15) is 29.5 Å². The van der Waals surface area contributed by atoms with Gasteiger partial charge in [0.25, 0.3) is 10.0 Å². The summed E-state index contributed by atoms with van der Waals surface area (Å²) in [6, 6.07) is 19.1. The minimum Gasteiger partial charge on any atom is -0.350 e. The van der Waals surface area contributed by atoms with Crippen LogP contribution in [0.15, 0.2) is 71.6 Å². The van der Waals surface area contributed by atoms with Crippen molar-refractivity contribution >= 4 is 44.8 Å². The van der Waals surface area contributed by atoms with Gasteiger partial charge < -0.3 is 5.32 Å². The molecule has 0 aromatic heterocycles. The first kappa shape index (κ1) is 26.5. The first-order chi connectivity index (χ1) is 17.2. The summed E-state index contributed by atoms with van der Waals surface area (Å²) in [5.74, 6) is -0.456. The minimum absolute atomic E-state index is 0.0607. The minimum atomic E-state index is -4.08. The molecule has 3 aromatic rings. The number of nitrogens with one attached hydrogen (secondary N) is 1. The Bertz CT molecular complexity index is 1310. The van der Waals surface area contributed by atoms with E-state index in [4.69, 9.17) is 23.2 Å². The number of rotatable bonds is 9. The van der Waals surface area contributed by atoms with Crippen LogP contribution in [-0.4, -0.2) is 38.9 Å². The van der Waals surface area contributed by atoms with E-state index in [1.165, 1.54) is 42.7 Å². The topological polar surface area (TPSA) is 69.7 Å². The summed E-state index contributed by atoms with van der Waals surface area (Å²) in [4.78, 5) is 15.4. The number of benzene rings is 3. The fraction of sp³-hybridized carbons (Fsp3) is 0.296. The van der Waals surface area contributed by atoms with Gasteiger partial charge in [-0.25, -0.2) is 8.42 Å². The number of carbonyl (C=O) groups is 1. The number of hydrogen-bond donors (Lipinski definition) is 1. The fourth-order valence-electron chi connectivity index (χ4n) is 4.16. The fourth-order valence-corrected chi connectivity index (χ4v) is 6.03. The third-order valence-corrected chi connectivity index (χ3v) is 8.52. The highest BCUT2D eigenvalue weighted by Gasteiger charge is 2.29. The molecule has 0 bridgehead atoms. The molecule has 1 amide bonds. The summed E-state index contributed by atoms with van der Waals surface area (Å²) in [7, 11) is -4.08. The summed E-state index contributed by atoms with van der Waals surface area (Å²) < 4.78 is 28.1. The van der Waals surface area contributed by atoms with Gasteiger partial charge in [0.05, 0.1) is 15.6 Å².